The number of nitrogens with zero attached hydrogens (tertiary/aromatic N) is 3. The first-order chi connectivity index (χ1) is 8.86. The molecule has 0 radical (unpaired) electrons. The molecule has 2 amide bonds. The second-order valence-electron chi connectivity index (χ2n) is 6.73. The van der Waals surface area contributed by atoms with Gasteiger partial charge in [-0.05, 0) is 52.7 Å². The second-order valence-corrected chi connectivity index (χ2v) is 6.73. The minimum atomic E-state index is -0.244. The molecule has 0 saturated carbocycles. The van der Waals surface area contributed by atoms with E-state index in [1.807, 2.05) is 16.8 Å². The van der Waals surface area contributed by atoms with E-state index in [1.54, 1.807) is 0 Å². The lowest BCUT2D eigenvalue weighted by atomic mass is 9.89. The van der Waals surface area contributed by atoms with Gasteiger partial charge in [0.05, 0.1) is 11.6 Å². The molecule has 2 saturated heterocycles. The number of rotatable bonds is 3. The van der Waals surface area contributed by atoms with E-state index in [1.165, 1.54) is 12.8 Å². The second kappa shape index (κ2) is 5.29. The fraction of sp³-hybridized carbons (Fsp3) is 0.929. The number of hydrogen-bond donors (Lipinski definition) is 1. The molecule has 5 nitrogen and oxygen atoms in total. The Labute approximate surface area is 116 Å². The van der Waals surface area contributed by atoms with E-state index < -0.39 is 0 Å². The maximum atomic E-state index is 12.4. The van der Waals surface area contributed by atoms with Crippen LogP contribution >= 0.6 is 0 Å². The number of amides is 2. The molecule has 2 rings (SSSR count). The fourth-order valence-corrected chi connectivity index (χ4v) is 3.21. The van der Waals surface area contributed by atoms with Crippen LogP contribution in [0.15, 0.2) is 0 Å². The van der Waals surface area contributed by atoms with Crippen LogP contribution in [0.1, 0.15) is 26.7 Å². The normalized spacial score (nSPS) is 27.4. The Morgan fingerprint density at radius 2 is 1.84 bits per heavy atom. The van der Waals surface area contributed by atoms with Crippen molar-refractivity contribution < 1.29 is 4.79 Å². The van der Waals surface area contributed by atoms with E-state index in [2.05, 4.69) is 25.8 Å². The predicted octanol–water partition coefficient (Wildman–Crippen LogP) is 0.802. The number of likely N-dealkylation sites (N-methyl/N-ethyl adjacent to an activating group) is 1. The van der Waals surface area contributed by atoms with Gasteiger partial charge in [0.1, 0.15) is 0 Å². The molecule has 2 aliphatic rings. The number of carbonyl (C=O) groups excluding carboxylic acids is 1. The molecule has 19 heavy (non-hydrogen) atoms. The van der Waals surface area contributed by atoms with Gasteiger partial charge in [0.15, 0.2) is 0 Å². The van der Waals surface area contributed by atoms with Gasteiger partial charge in [-0.15, -0.1) is 0 Å². The first kappa shape index (κ1) is 14.6. The van der Waals surface area contributed by atoms with Gasteiger partial charge < -0.3 is 20.4 Å². The van der Waals surface area contributed by atoms with Gasteiger partial charge in [0, 0.05) is 20.1 Å². The van der Waals surface area contributed by atoms with Gasteiger partial charge in [-0.1, -0.05) is 0 Å². The van der Waals surface area contributed by atoms with Crippen molar-refractivity contribution in [2.45, 2.75) is 38.3 Å². The zero-order valence-electron chi connectivity index (χ0n) is 12.7. The van der Waals surface area contributed by atoms with Crippen molar-refractivity contribution >= 4 is 6.03 Å². The smallest absolute Gasteiger partial charge is 0.320 e. The molecule has 2 N–H and O–H groups in total. The van der Waals surface area contributed by atoms with Gasteiger partial charge in [-0.3, -0.25) is 0 Å². The number of urea groups is 1. The van der Waals surface area contributed by atoms with E-state index in [-0.39, 0.29) is 11.6 Å². The molecule has 5 heteroatoms. The van der Waals surface area contributed by atoms with Gasteiger partial charge in [-0.2, -0.15) is 0 Å². The number of nitrogens with two attached hydrogens (primary N) is 1. The Morgan fingerprint density at radius 1 is 1.26 bits per heavy atom. The first-order valence-corrected chi connectivity index (χ1v) is 7.30. The summed E-state index contributed by atoms with van der Waals surface area (Å²) in [6.45, 7) is 7.72. The number of piperidine rings is 1. The third-order valence-electron chi connectivity index (χ3n) is 4.94. The van der Waals surface area contributed by atoms with Crippen LogP contribution < -0.4 is 5.73 Å². The summed E-state index contributed by atoms with van der Waals surface area (Å²) in [5, 5.41) is 0. The van der Waals surface area contributed by atoms with Crippen LogP contribution in [-0.2, 0) is 0 Å². The van der Waals surface area contributed by atoms with Crippen LogP contribution in [0, 0.1) is 5.92 Å². The van der Waals surface area contributed by atoms with Crippen LogP contribution in [-0.4, -0.2) is 72.6 Å². The van der Waals surface area contributed by atoms with Crippen LogP contribution in [0.3, 0.4) is 0 Å². The molecule has 1 unspecified atom stereocenters. The van der Waals surface area contributed by atoms with E-state index in [9.17, 15) is 4.79 Å². The summed E-state index contributed by atoms with van der Waals surface area (Å²) in [7, 11) is 4.11. The SMILES string of the molecule is CN1CCC(C2CN(C(C)(C)CN)C(=O)N2C)CC1. The number of carbonyl (C=O) groups is 1. The van der Waals surface area contributed by atoms with Crippen molar-refractivity contribution in [1.82, 2.24) is 14.7 Å². The summed E-state index contributed by atoms with van der Waals surface area (Å²) < 4.78 is 0. The molecule has 0 aromatic heterocycles. The molecule has 0 bridgehead atoms. The molecular weight excluding hydrogens is 240 g/mol. The standard InChI is InChI=1S/C14H28N4O/c1-14(2,10-15)18-9-12(17(4)13(18)19)11-5-7-16(3)8-6-11/h11-12H,5-10,15H2,1-4H3. The third-order valence-corrected chi connectivity index (χ3v) is 4.94. The van der Waals surface area contributed by atoms with Gasteiger partial charge >= 0.3 is 6.03 Å². The molecule has 0 aliphatic carbocycles. The predicted molar refractivity (Wildman–Crippen MR) is 77.0 cm³/mol. The quantitative estimate of drug-likeness (QED) is 0.824. The Bertz CT molecular complexity index is 336. The van der Waals surface area contributed by atoms with Crippen LogP contribution in [0.5, 0.6) is 0 Å². The molecule has 110 valence electrons. The molecular formula is C14H28N4O. The summed E-state index contributed by atoms with van der Waals surface area (Å²) in [4.78, 5) is 18.7. The summed E-state index contributed by atoms with van der Waals surface area (Å²) in [5.41, 5.74) is 5.57. The van der Waals surface area contributed by atoms with Crippen LogP contribution in [0.4, 0.5) is 4.79 Å². The highest BCUT2D eigenvalue weighted by Crippen LogP contribution is 2.31. The van der Waals surface area contributed by atoms with E-state index in [4.69, 9.17) is 5.73 Å². The van der Waals surface area contributed by atoms with Crippen molar-refractivity contribution in [2.75, 3.05) is 40.3 Å². The minimum Gasteiger partial charge on any atom is -0.328 e. The molecule has 2 aliphatic heterocycles. The largest absolute Gasteiger partial charge is 0.328 e. The monoisotopic (exact) mass is 268 g/mol. The summed E-state index contributed by atoms with van der Waals surface area (Å²) >= 11 is 0. The zero-order valence-corrected chi connectivity index (χ0v) is 12.7. The molecule has 0 spiro atoms. The highest BCUT2D eigenvalue weighted by molar-refractivity contribution is 5.77. The van der Waals surface area contributed by atoms with Crippen molar-refractivity contribution in [3.63, 3.8) is 0 Å². The van der Waals surface area contributed by atoms with Crippen LogP contribution in [0.2, 0.25) is 0 Å². The molecule has 1 atom stereocenters. The molecule has 0 aromatic carbocycles. The van der Waals surface area contributed by atoms with Crippen molar-refractivity contribution in [3.05, 3.63) is 0 Å². The highest BCUT2D eigenvalue weighted by atomic mass is 16.2. The zero-order chi connectivity index (χ0) is 14.2. The van der Waals surface area contributed by atoms with Crippen LogP contribution in [0.25, 0.3) is 0 Å². The maximum absolute atomic E-state index is 12.4. The van der Waals surface area contributed by atoms with Gasteiger partial charge in [-0.25, -0.2) is 4.79 Å². The summed E-state index contributed by atoms with van der Waals surface area (Å²) in [5.74, 6) is 0.628. The lowest BCUT2D eigenvalue weighted by Gasteiger charge is -2.35. The Balaban J connectivity index is 2.06. The van der Waals surface area contributed by atoms with Crippen molar-refractivity contribution in [3.8, 4) is 0 Å². The molecule has 0 aromatic rings. The van der Waals surface area contributed by atoms with Gasteiger partial charge in [0.25, 0.3) is 0 Å². The minimum absolute atomic E-state index is 0.138. The number of hydrogen-bond acceptors (Lipinski definition) is 3. The average molecular weight is 268 g/mol. The van der Waals surface area contributed by atoms with E-state index in [0.29, 0.717) is 18.5 Å². The average Bonchev–Trinajstić information content (AvgIpc) is 2.68. The first-order valence-electron chi connectivity index (χ1n) is 7.30. The molecule has 2 fully saturated rings. The topological polar surface area (TPSA) is 52.8 Å². The van der Waals surface area contributed by atoms with Gasteiger partial charge in [0.2, 0.25) is 0 Å². The summed E-state index contributed by atoms with van der Waals surface area (Å²) in [6.07, 6.45) is 2.38. The molecule has 2 heterocycles. The Kier molecular flexibility index (Phi) is 4.06. The van der Waals surface area contributed by atoms with E-state index in [0.717, 1.165) is 19.6 Å². The fourth-order valence-electron chi connectivity index (χ4n) is 3.21. The number of likely N-dealkylation sites (tertiary alicyclic amines) is 1. The van der Waals surface area contributed by atoms with E-state index >= 15 is 0 Å². The maximum Gasteiger partial charge on any atom is 0.320 e. The van der Waals surface area contributed by atoms with Crippen molar-refractivity contribution in [1.29, 1.82) is 0 Å². The Morgan fingerprint density at radius 3 is 2.37 bits per heavy atom. The van der Waals surface area contributed by atoms with Crippen molar-refractivity contribution in [2.24, 2.45) is 11.7 Å². The lowest BCUT2D eigenvalue weighted by molar-refractivity contribution is 0.150. The Hall–Kier alpha value is -0.810. The summed E-state index contributed by atoms with van der Waals surface area (Å²) in [6, 6.07) is 0.492. The third kappa shape index (κ3) is 2.72. The lowest BCUT2D eigenvalue weighted by Crippen LogP contribution is -2.50. The highest BCUT2D eigenvalue weighted by Gasteiger charge is 2.44.